The van der Waals surface area contributed by atoms with Crippen LogP contribution in [0.15, 0.2) is 42.5 Å². The number of aliphatic hydroxyl groups excluding tert-OH is 1. The smallest absolute Gasteiger partial charge is 0.315 e. The number of urea groups is 1. The summed E-state index contributed by atoms with van der Waals surface area (Å²) in [5, 5.41) is 14.3. The lowest BCUT2D eigenvalue weighted by Gasteiger charge is -2.26. The van der Waals surface area contributed by atoms with E-state index in [4.69, 9.17) is 5.73 Å². The molecule has 6 heteroatoms. The molecule has 3 amide bonds. The number of carbonyl (C=O) groups is 2. The van der Waals surface area contributed by atoms with Crippen LogP contribution in [0.25, 0.3) is 10.8 Å². The van der Waals surface area contributed by atoms with Gasteiger partial charge in [0, 0.05) is 13.1 Å². The zero-order valence-corrected chi connectivity index (χ0v) is 13.0. The topological polar surface area (TPSA) is 95.7 Å². The van der Waals surface area contributed by atoms with E-state index in [9.17, 15) is 14.7 Å². The monoisotopic (exact) mass is 315 g/mol. The van der Waals surface area contributed by atoms with E-state index in [2.05, 4.69) is 5.32 Å². The number of rotatable bonds is 6. The Kier molecular flexibility index (Phi) is 5.54. The minimum absolute atomic E-state index is 0.254. The fourth-order valence-electron chi connectivity index (χ4n) is 2.51. The van der Waals surface area contributed by atoms with E-state index in [0.717, 1.165) is 21.2 Å². The maximum absolute atomic E-state index is 12.2. The van der Waals surface area contributed by atoms with Crippen molar-refractivity contribution < 1.29 is 14.7 Å². The Hall–Kier alpha value is -2.60. The standard InChI is InChI=1S/C17H21N3O3/c1-2-20(17(18)23)15(11-21)16(22)19-10-12-7-8-13-5-3-4-6-14(13)9-12/h3-9,15,21H,2,10-11H2,1H3,(H2,18,23)(H,19,22)/t15-/m0/s1. The molecule has 0 aliphatic carbocycles. The molecular weight excluding hydrogens is 294 g/mol. The van der Waals surface area contributed by atoms with E-state index >= 15 is 0 Å². The third-order valence-electron chi connectivity index (χ3n) is 3.76. The highest BCUT2D eigenvalue weighted by molar-refractivity contribution is 5.87. The number of nitrogens with zero attached hydrogens (tertiary/aromatic N) is 1. The lowest BCUT2D eigenvalue weighted by Crippen LogP contribution is -2.53. The number of hydrogen-bond donors (Lipinski definition) is 3. The van der Waals surface area contributed by atoms with Crippen LogP contribution in [0.4, 0.5) is 4.79 Å². The lowest BCUT2D eigenvalue weighted by atomic mass is 10.1. The highest BCUT2D eigenvalue weighted by Crippen LogP contribution is 2.15. The molecule has 23 heavy (non-hydrogen) atoms. The molecule has 2 rings (SSSR count). The van der Waals surface area contributed by atoms with Gasteiger partial charge in [-0.25, -0.2) is 4.79 Å². The summed E-state index contributed by atoms with van der Waals surface area (Å²) in [4.78, 5) is 24.6. The van der Waals surface area contributed by atoms with E-state index in [-0.39, 0.29) is 6.54 Å². The minimum Gasteiger partial charge on any atom is -0.394 e. The van der Waals surface area contributed by atoms with Crippen LogP contribution in [-0.2, 0) is 11.3 Å². The molecular formula is C17H21N3O3. The van der Waals surface area contributed by atoms with Gasteiger partial charge in [0.1, 0.15) is 6.04 Å². The molecule has 0 bridgehead atoms. The first-order chi connectivity index (χ1) is 11.1. The Labute approximate surface area is 134 Å². The van der Waals surface area contributed by atoms with Gasteiger partial charge in [0.15, 0.2) is 0 Å². The second-order valence-corrected chi connectivity index (χ2v) is 5.22. The van der Waals surface area contributed by atoms with E-state index in [1.165, 1.54) is 0 Å². The fourth-order valence-corrected chi connectivity index (χ4v) is 2.51. The molecule has 2 aromatic rings. The number of nitrogens with one attached hydrogen (secondary N) is 1. The molecule has 0 saturated carbocycles. The number of aliphatic hydroxyl groups is 1. The van der Waals surface area contributed by atoms with Crippen molar-refractivity contribution in [3.8, 4) is 0 Å². The van der Waals surface area contributed by atoms with Gasteiger partial charge >= 0.3 is 6.03 Å². The van der Waals surface area contributed by atoms with Crippen molar-refractivity contribution >= 4 is 22.7 Å². The third-order valence-corrected chi connectivity index (χ3v) is 3.76. The number of primary amides is 1. The number of benzene rings is 2. The second kappa shape index (κ2) is 7.60. The summed E-state index contributed by atoms with van der Waals surface area (Å²) in [6.07, 6.45) is 0. The molecule has 0 radical (unpaired) electrons. The van der Waals surface area contributed by atoms with Crippen LogP contribution in [0, 0.1) is 0 Å². The van der Waals surface area contributed by atoms with Gasteiger partial charge in [-0.1, -0.05) is 36.4 Å². The van der Waals surface area contributed by atoms with Crippen molar-refractivity contribution in [3.63, 3.8) is 0 Å². The molecule has 0 aliphatic rings. The second-order valence-electron chi connectivity index (χ2n) is 5.22. The number of nitrogens with two attached hydrogens (primary N) is 1. The molecule has 0 aliphatic heterocycles. The Morgan fingerprint density at radius 2 is 1.91 bits per heavy atom. The first-order valence-electron chi connectivity index (χ1n) is 7.49. The van der Waals surface area contributed by atoms with E-state index < -0.39 is 24.6 Å². The summed E-state index contributed by atoms with van der Waals surface area (Å²) in [5.41, 5.74) is 6.17. The number of likely N-dealkylation sites (N-methyl/N-ethyl adjacent to an activating group) is 1. The summed E-state index contributed by atoms with van der Waals surface area (Å²) in [5.74, 6) is -0.429. The van der Waals surface area contributed by atoms with Crippen LogP contribution in [0.3, 0.4) is 0 Å². The van der Waals surface area contributed by atoms with E-state index in [0.29, 0.717) is 6.54 Å². The normalized spacial score (nSPS) is 11.9. The Morgan fingerprint density at radius 1 is 1.22 bits per heavy atom. The van der Waals surface area contributed by atoms with Gasteiger partial charge in [0.25, 0.3) is 0 Å². The first-order valence-corrected chi connectivity index (χ1v) is 7.49. The number of carbonyl (C=O) groups excluding carboxylic acids is 2. The van der Waals surface area contributed by atoms with Crippen molar-refractivity contribution in [1.82, 2.24) is 10.2 Å². The van der Waals surface area contributed by atoms with Crippen LogP contribution < -0.4 is 11.1 Å². The van der Waals surface area contributed by atoms with Gasteiger partial charge in [0.2, 0.25) is 5.91 Å². The maximum atomic E-state index is 12.2. The summed E-state index contributed by atoms with van der Waals surface area (Å²) < 4.78 is 0. The van der Waals surface area contributed by atoms with Crippen LogP contribution in [0.2, 0.25) is 0 Å². The van der Waals surface area contributed by atoms with Gasteiger partial charge in [-0.3, -0.25) is 4.79 Å². The summed E-state index contributed by atoms with van der Waals surface area (Å²) in [7, 11) is 0. The van der Waals surface area contributed by atoms with Gasteiger partial charge in [-0.2, -0.15) is 0 Å². The molecule has 0 aromatic heterocycles. The third kappa shape index (κ3) is 3.98. The molecule has 0 unspecified atom stereocenters. The Bertz CT molecular complexity index is 702. The minimum atomic E-state index is -0.974. The molecule has 0 saturated heterocycles. The zero-order chi connectivity index (χ0) is 16.8. The van der Waals surface area contributed by atoms with Crippen LogP contribution >= 0.6 is 0 Å². The van der Waals surface area contributed by atoms with Gasteiger partial charge in [0.05, 0.1) is 6.61 Å². The number of fused-ring (bicyclic) bond motifs is 1. The fraction of sp³-hybridized carbons (Fsp3) is 0.294. The van der Waals surface area contributed by atoms with Crippen molar-refractivity contribution in [1.29, 1.82) is 0 Å². The van der Waals surface area contributed by atoms with Crippen LogP contribution in [0.5, 0.6) is 0 Å². The largest absolute Gasteiger partial charge is 0.394 e. The molecule has 2 aromatic carbocycles. The quantitative estimate of drug-likeness (QED) is 0.748. The average Bonchev–Trinajstić information content (AvgIpc) is 2.56. The predicted molar refractivity (Wildman–Crippen MR) is 88.6 cm³/mol. The highest BCUT2D eigenvalue weighted by atomic mass is 16.3. The van der Waals surface area contributed by atoms with Gasteiger partial charge < -0.3 is 21.1 Å². The van der Waals surface area contributed by atoms with Gasteiger partial charge in [-0.05, 0) is 29.3 Å². The highest BCUT2D eigenvalue weighted by Gasteiger charge is 2.26. The summed E-state index contributed by atoms with van der Waals surface area (Å²) in [6, 6.07) is 12.2. The maximum Gasteiger partial charge on any atom is 0.315 e. The lowest BCUT2D eigenvalue weighted by molar-refractivity contribution is -0.126. The summed E-state index contributed by atoms with van der Waals surface area (Å²) in [6.45, 7) is 1.80. The average molecular weight is 315 g/mol. The van der Waals surface area contributed by atoms with E-state index in [1.807, 2.05) is 42.5 Å². The molecule has 0 fully saturated rings. The van der Waals surface area contributed by atoms with Crippen molar-refractivity contribution in [2.75, 3.05) is 13.2 Å². The number of hydrogen-bond acceptors (Lipinski definition) is 3. The molecule has 0 heterocycles. The number of amides is 3. The molecule has 0 spiro atoms. The van der Waals surface area contributed by atoms with E-state index in [1.54, 1.807) is 6.92 Å². The molecule has 4 N–H and O–H groups in total. The SMILES string of the molecule is CCN(C(N)=O)[C@@H](CO)C(=O)NCc1ccc2ccccc2c1. The van der Waals surface area contributed by atoms with Gasteiger partial charge in [-0.15, -0.1) is 0 Å². The van der Waals surface area contributed by atoms with Crippen molar-refractivity contribution in [2.45, 2.75) is 19.5 Å². The zero-order valence-electron chi connectivity index (χ0n) is 13.0. The molecule has 122 valence electrons. The summed E-state index contributed by atoms with van der Waals surface area (Å²) >= 11 is 0. The predicted octanol–water partition coefficient (Wildman–Crippen LogP) is 1.22. The van der Waals surface area contributed by atoms with Crippen LogP contribution in [-0.4, -0.2) is 41.1 Å². The molecule has 1 atom stereocenters. The Balaban J connectivity index is 2.05. The Morgan fingerprint density at radius 3 is 2.52 bits per heavy atom. The first kappa shape index (κ1) is 16.8. The van der Waals surface area contributed by atoms with Crippen LogP contribution in [0.1, 0.15) is 12.5 Å². The van der Waals surface area contributed by atoms with Crippen molar-refractivity contribution in [3.05, 3.63) is 48.0 Å². The molecule has 6 nitrogen and oxygen atoms in total. The van der Waals surface area contributed by atoms with Crippen molar-refractivity contribution in [2.24, 2.45) is 5.73 Å².